The Balaban J connectivity index is 1.57. The number of hydrogen-bond donors (Lipinski definition) is 1. The van der Waals surface area contributed by atoms with Crippen LogP contribution < -0.4 is 15.2 Å². The molecule has 0 saturated heterocycles. The molecule has 2 rings (SSSR count). The van der Waals surface area contributed by atoms with Crippen molar-refractivity contribution in [2.45, 2.75) is 57.4 Å². The molecule has 0 radical (unpaired) electrons. The minimum atomic E-state index is 0.0916. The zero-order valence-corrected chi connectivity index (χ0v) is 17.2. The second-order valence-electron chi connectivity index (χ2n) is 7.23. The van der Waals surface area contributed by atoms with Crippen molar-refractivity contribution in [3.8, 4) is 11.5 Å². The van der Waals surface area contributed by atoms with Crippen LogP contribution in [-0.4, -0.2) is 26.4 Å². The van der Waals surface area contributed by atoms with Crippen molar-refractivity contribution in [3.63, 3.8) is 0 Å². The lowest BCUT2D eigenvalue weighted by atomic mass is 10.0. The summed E-state index contributed by atoms with van der Waals surface area (Å²) in [6, 6.07) is 7.81. The highest BCUT2D eigenvalue weighted by Gasteiger charge is 2.08. The van der Waals surface area contributed by atoms with Crippen LogP contribution in [0, 0.1) is 0 Å². The van der Waals surface area contributed by atoms with Crippen LogP contribution in [0.25, 0.3) is 0 Å². The molecular formula is C24H35NO3. The van der Waals surface area contributed by atoms with Crippen LogP contribution in [0.2, 0.25) is 0 Å². The number of ether oxygens (including phenoxy) is 3. The van der Waals surface area contributed by atoms with Gasteiger partial charge in [0.1, 0.15) is 17.3 Å². The maximum absolute atomic E-state index is 5.84. The minimum absolute atomic E-state index is 0.0916. The van der Waals surface area contributed by atoms with Gasteiger partial charge in [-0.1, -0.05) is 56.9 Å². The summed E-state index contributed by atoms with van der Waals surface area (Å²) in [5.74, 6) is 2.27. The number of hydrogen-bond acceptors (Lipinski definition) is 4. The molecule has 0 heterocycles. The summed E-state index contributed by atoms with van der Waals surface area (Å²) in [5, 5.41) is 0. The molecule has 1 aromatic rings. The van der Waals surface area contributed by atoms with E-state index >= 15 is 0 Å². The van der Waals surface area contributed by atoms with Gasteiger partial charge in [-0.3, -0.25) is 0 Å². The predicted molar refractivity (Wildman–Crippen MR) is 116 cm³/mol. The molecule has 0 saturated carbocycles. The van der Waals surface area contributed by atoms with Gasteiger partial charge in [0.25, 0.3) is 0 Å². The Morgan fingerprint density at radius 1 is 0.964 bits per heavy atom. The first-order valence-corrected chi connectivity index (χ1v) is 10.4. The van der Waals surface area contributed by atoms with Crippen molar-refractivity contribution in [2.24, 2.45) is 5.73 Å². The van der Waals surface area contributed by atoms with Gasteiger partial charge in [0.2, 0.25) is 0 Å². The number of benzene rings is 1. The zero-order valence-electron chi connectivity index (χ0n) is 17.2. The molecule has 1 atom stereocenters. The maximum atomic E-state index is 5.84. The first kappa shape index (κ1) is 22.3. The molecular weight excluding hydrogens is 350 g/mol. The second kappa shape index (κ2) is 13.2. The smallest absolute Gasteiger partial charge is 0.127 e. The van der Waals surface area contributed by atoms with E-state index in [0.29, 0.717) is 5.76 Å². The van der Waals surface area contributed by atoms with E-state index in [-0.39, 0.29) is 6.04 Å². The molecule has 0 amide bonds. The summed E-state index contributed by atoms with van der Waals surface area (Å²) in [5.41, 5.74) is 6.83. The number of allylic oxidation sites excluding steroid dienone is 1. The quantitative estimate of drug-likeness (QED) is 0.337. The number of nitrogens with two attached hydrogens (primary N) is 1. The molecule has 0 fully saturated rings. The Hall–Kier alpha value is -2.04. The zero-order chi connectivity index (χ0) is 20.0. The van der Waals surface area contributed by atoms with Gasteiger partial charge < -0.3 is 19.9 Å². The van der Waals surface area contributed by atoms with E-state index in [1.807, 2.05) is 36.4 Å². The average Bonchev–Trinajstić information content (AvgIpc) is 2.71. The van der Waals surface area contributed by atoms with Crippen LogP contribution in [0.15, 0.2) is 60.4 Å². The van der Waals surface area contributed by atoms with Gasteiger partial charge in [-0.25, -0.2) is 0 Å². The molecule has 154 valence electrons. The summed E-state index contributed by atoms with van der Waals surface area (Å²) < 4.78 is 16.7. The molecule has 28 heavy (non-hydrogen) atoms. The third kappa shape index (κ3) is 8.77. The van der Waals surface area contributed by atoms with E-state index in [9.17, 15) is 0 Å². The van der Waals surface area contributed by atoms with Gasteiger partial charge in [-0.05, 0) is 43.5 Å². The van der Waals surface area contributed by atoms with Gasteiger partial charge >= 0.3 is 0 Å². The molecule has 1 aromatic carbocycles. The fourth-order valence-electron chi connectivity index (χ4n) is 3.07. The Kier molecular flexibility index (Phi) is 10.5. The Morgan fingerprint density at radius 2 is 1.57 bits per heavy atom. The summed E-state index contributed by atoms with van der Waals surface area (Å²) in [4.78, 5) is 0. The predicted octanol–water partition coefficient (Wildman–Crippen LogP) is 5.55. The lowest BCUT2D eigenvalue weighted by Gasteiger charge is -2.15. The SMILES string of the molecule is C=C(Oc1ccc(OCCCCCCCCCOC)cc1)C1=CCC(N)C=C1. The molecule has 2 N–H and O–H groups in total. The minimum Gasteiger partial charge on any atom is -0.494 e. The van der Waals surface area contributed by atoms with Crippen molar-refractivity contribution in [3.05, 3.63) is 60.4 Å². The monoisotopic (exact) mass is 385 g/mol. The average molecular weight is 386 g/mol. The standard InChI is InChI=1S/C24H35NO3/c1-20(21-10-12-22(25)13-11-21)28-24-16-14-23(15-17-24)27-19-9-7-5-3-4-6-8-18-26-2/h10-12,14-17,22H,1,3-9,13,18-19,25H2,2H3. The normalized spacial score (nSPS) is 15.9. The lowest BCUT2D eigenvalue weighted by Crippen LogP contribution is -2.18. The maximum Gasteiger partial charge on any atom is 0.127 e. The second-order valence-corrected chi connectivity index (χ2v) is 7.23. The van der Waals surface area contributed by atoms with Crippen molar-refractivity contribution < 1.29 is 14.2 Å². The first-order valence-electron chi connectivity index (χ1n) is 10.4. The van der Waals surface area contributed by atoms with Gasteiger partial charge in [0.15, 0.2) is 0 Å². The first-order chi connectivity index (χ1) is 13.7. The van der Waals surface area contributed by atoms with Crippen LogP contribution >= 0.6 is 0 Å². The van der Waals surface area contributed by atoms with Gasteiger partial charge in [0.05, 0.1) is 6.61 Å². The van der Waals surface area contributed by atoms with Crippen LogP contribution in [0.1, 0.15) is 51.4 Å². The van der Waals surface area contributed by atoms with Crippen molar-refractivity contribution in [1.82, 2.24) is 0 Å². The van der Waals surface area contributed by atoms with E-state index in [0.717, 1.165) is 43.1 Å². The Labute approximate surface area is 170 Å². The summed E-state index contributed by atoms with van der Waals surface area (Å²) in [6.45, 7) is 5.65. The molecule has 1 aliphatic carbocycles. The van der Waals surface area contributed by atoms with Crippen LogP contribution in [0.3, 0.4) is 0 Å². The summed E-state index contributed by atoms with van der Waals surface area (Å²) in [6.07, 6.45) is 15.5. The summed E-state index contributed by atoms with van der Waals surface area (Å²) in [7, 11) is 1.76. The third-order valence-electron chi connectivity index (χ3n) is 4.78. The van der Waals surface area contributed by atoms with E-state index in [1.54, 1.807) is 7.11 Å². The van der Waals surface area contributed by atoms with Crippen LogP contribution in [0.4, 0.5) is 0 Å². The molecule has 0 bridgehead atoms. The number of methoxy groups -OCH3 is 1. The molecule has 0 aromatic heterocycles. The van der Waals surface area contributed by atoms with E-state index in [1.165, 1.54) is 38.5 Å². The highest BCUT2D eigenvalue weighted by atomic mass is 16.5. The lowest BCUT2D eigenvalue weighted by molar-refractivity contribution is 0.192. The summed E-state index contributed by atoms with van der Waals surface area (Å²) >= 11 is 0. The van der Waals surface area contributed by atoms with Gasteiger partial charge in [-0.2, -0.15) is 0 Å². The topological polar surface area (TPSA) is 53.7 Å². The largest absolute Gasteiger partial charge is 0.494 e. The molecule has 1 aliphatic rings. The van der Waals surface area contributed by atoms with Crippen molar-refractivity contribution in [2.75, 3.05) is 20.3 Å². The van der Waals surface area contributed by atoms with Gasteiger partial charge in [0, 0.05) is 25.3 Å². The van der Waals surface area contributed by atoms with Crippen molar-refractivity contribution in [1.29, 1.82) is 0 Å². The fraction of sp³-hybridized carbons (Fsp3) is 0.500. The van der Waals surface area contributed by atoms with E-state index < -0.39 is 0 Å². The Morgan fingerprint density at radius 3 is 2.18 bits per heavy atom. The highest BCUT2D eigenvalue weighted by molar-refractivity contribution is 5.41. The molecule has 4 nitrogen and oxygen atoms in total. The van der Waals surface area contributed by atoms with Crippen LogP contribution in [0.5, 0.6) is 11.5 Å². The molecule has 1 unspecified atom stereocenters. The van der Waals surface area contributed by atoms with E-state index in [2.05, 4.69) is 12.7 Å². The van der Waals surface area contributed by atoms with Gasteiger partial charge in [-0.15, -0.1) is 0 Å². The van der Waals surface area contributed by atoms with E-state index in [4.69, 9.17) is 19.9 Å². The molecule has 4 heteroatoms. The third-order valence-corrected chi connectivity index (χ3v) is 4.78. The highest BCUT2D eigenvalue weighted by Crippen LogP contribution is 2.23. The molecule has 0 aliphatic heterocycles. The van der Waals surface area contributed by atoms with Crippen molar-refractivity contribution >= 4 is 0 Å². The Bertz CT molecular complexity index is 634. The number of unbranched alkanes of at least 4 members (excludes halogenated alkanes) is 6. The molecule has 0 spiro atoms. The van der Waals surface area contributed by atoms with Crippen LogP contribution in [-0.2, 0) is 4.74 Å². The number of rotatable bonds is 14. The fourth-order valence-corrected chi connectivity index (χ4v) is 3.07.